The maximum absolute atomic E-state index is 14.0. The van der Waals surface area contributed by atoms with E-state index in [-0.39, 0.29) is 46.7 Å². The number of methoxy groups -OCH3 is 2. The van der Waals surface area contributed by atoms with Gasteiger partial charge in [0.25, 0.3) is 0 Å². The average molecular weight is 713 g/mol. The predicted molar refractivity (Wildman–Crippen MR) is 188 cm³/mol. The van der Waals surface area contributed by atoms with Gasteiger partial charge in [0.05, 0.1) is 31.5 Å². The molecule has 0 aromatic heterocycles. The minimum absolute atomic E-state index is 0.00671. The monoisotopic (exact) mass is 712 g/mol. The number of ketones is 1. The Kier molecular flexibility index (Phi) is 9.74. The number of benzene rings is 1. The number of carbonyl (C=O) groups excluding carboxylic acids is 2. The Labute approximate surface area is 302 Å². The smallest absolute Gasteiger partial charge is 0.338 e. The van der Waals surface area contributed by atoms with Crippen molar-refractivity contribution in [2.24, 2.45) is 51.8 Å². The van der Waals surface area contributed by atoms with Crippen LogP contribution >= 0.6 is 0 Å². The number of rotatable bonds is 11. The third-order valence-corrected chi connectivity index (χ3v) is 15.5. The molecular weight excluding hydrogens is 652 g/mol. The first kappa shape index (κ1) is 37.2. The Morgan fingerprint density at radius 3 is 2.31 bits per heavy atom. The molecule has 0 amide bonds. The minimum atomic E-state index is -1.55. The molecule has 1 spiro atoms. The van der Waals surface area contributed by atoms with E-state index in [9.17, 15) is 24.9 Å². The summed E-state index contributed by atoms with van der Waals surface area (Å²) in [5, 5.41) is 35.1. The number of esters is 1. The van der Waals surface area contributed by atoms with Gasteiger partial charge in [-0.15, -0.1) is 0 Å². The zero-order valence-corrected chi connectivity index (χ0v) is 31.5. The molecule has 1 aromatic rings. The molecule has 1 saturated heterocycles. The Bertz CT molecular complexity index is 1460. The van der Waals surface area contributed by atoms with E-state index >= 15 is 0 Å². The van der Waals surface area contributed by atoms with E-state index in [0.717, 1.165) is 31.6 Å². The lowest BCUT2D eigenvalue weighted by Crippen LogP contribution is -2.63. The van der Waals surface area contributed by atoms with Gasteiger partial charge >= 0.3 is 5.97 Å². The highest BCUT2D eigenvalue weighted by Crippen LogP contribution is 2.82. The fraction of sp³-hybridized carbons (Fsp3) is 0.805. The highest BCUT2D eigenvalue weighted by Gasteiger charge is 2.79. The predicted octanol–water partition coefficient (Wildman–Crippen LogP) is 5.33. The van der Waals surface area contributed by atoms with Crippen LogP contribution in [0.5, 0.6) is 5.75 Å². The molecule has 7 rings (SSSR count). The molecule has 51 heavy (non-hydrogen) atoms. The highest BCUT2D eigenvalue weighted by molar-refractivity contribution is 5.89. The van der Waals surface area contributed by atoms with E-state index < -0.39 is 53.6 Å². The van der Waals surface area contributed by atoms with Crippen molar-refractivity contribution in [3.8, 4) is 5.75 Å². The number of aliphatic hydroxyl groups excluding tert-OH is 2. The Hall–Kier alpha value is -2.08. The van der Waals surface area contributed by atoms with E-state index in [4.69, 9.17) is 23.7 Å². The summed E-state index contributed by atoms with van der Waals surface area (Å²) in [7, 11) is 3.39. The van der Waals surface area contributed by atoms with Crippen molar-refractivity contribution in [3.05, 3.63) is 29.8 Å². The molecular formula is C41H60O10. The van der Waals surface area contributed by atoms with Crippen molar-refractivity contribution < 1.29 is 48.6 Å². The van der Waals surface area contributed by atoms with Gasteiger partial charge in [-0.1, -0.05) is 34.6 Å². The largest absolute Gasteiger partial charge is 0.497 e. The van der Waals surface area contributed by atoms with Crippen molar-refractivity contribution in [1.82, 2.24) is 0 Å². The minimum Gasteiger partial charge on any atom is -0.497 e. The van der Waals surface area contributed by atoms with Crippen LogP contribution in [0.3, 0.4) is 0 Å². The van der Waals surface area contributed by atoms with Gasteiger partial charge < -0.3 is 39.0 Å². The van der Waals surface area contributed by atoms with Gasteiger partial charge in [-0.05, 0) is 111 Å². The molecule has 3 N–H and O–H groups in total. The first-order valence-corrected chi connectivity index (χ1v) is 19.4. The third kappa shape index (κ3) is 5.55. The topological polar surface area (TPSA) is 141 Å². The molecule has 0 bridgehead atoms. The molecule has 5 saturated carbocycles. The maximum Gasteiger partial charge on any atom is 0.338 e. The lowest BCUT2D eigenvalue weighted by atomic mass is 9.44. The van der Waals surface area contributed by atoms with Crippen LogP contribution in [0.15, 0.2) is 24.3 Å². The summed E-state index contributed by atoms with van der Waals surface area (Å²) in [5.74, 6) is 1.03. The Morgan fingerprint density at radius 1 is 0.961 bits per heavy atom. The number of hydrogen-bond acceptors (Lipinski definition) is 10. The van der Waals surface area contributed by atoms with E-state index in [2.05, 4.69) is 27.7 Å². The standard InChI is InChI=1S/C41H60O10/c1-22(2)8-13-30(42)23(3)41(46)33(50-37-35(34(44)31(43)21-49-37)51-36(45)24-9-11-26(47-6)12-10-24)19-29-27-18-32(48-7)40-20-25(40)14-16-38(40,4)28(27)15-17-39(29,41)5/h9-12,22-23,25,27-29,31-35,37,43-44,46H,8,13-21H2,1-7H3/t23-,25-,27-,28+,29+,31-,32-,33+,34+,35-,37+,38-,39+,40+,41-/m1/s1. The van der Waals surface area contributed by atoms with Crippen molar-refractivity contribution in [2.75, 3.05) is 20.8 Å². The summed E-state index contributed by atoms with van der Waals surface area (Å²) >= 11 is 0. The molecule has 0 unspecified atom stereocenters. The first-order chi connectivity index (χ1) is 24.2. The summed E-state index contributed by atoms with van der Waals surface area (Å²) in [6.45, 7) is 10.5. The lowest BCUT2D eigenvalue weighted by molar-refractivity contribution is -0.303. The number of fused-ring (bicyclic) bond motifs is 4. The second-order valence-corrected chi connectivity index (χ2v) is 17.9. The normalized spacial score (nSPS) is 46.0. The van der Waals surface area contributed by atoms with Crippen LogP contribution in [0.1, 0.15) is 103 Å². The molecule has 10 nitrogen and oxygen atoms in total. The molecule has 10 heteroatoms. The Balaban J connectivity index is 1.21. The summed E-state index contributed by atoms with van der Waals surface area (Å²) < 4.78 is 30.1. The third-order valence-electron chi connectivity index (χ3n) is 15.5. The molecule has 0 radical (unpaired) electrons. The number of Topliss-reactive ketones (excluding diaryl/α,β-unsaturated/α-hetero) is 1. The highest BCUT2D eigenvalue weighted by atomic mass is 16.7. The quantitative estimate of drug-likeness (QED) is 0.258. The molecule has 5 aliphatic carbocycles. The van der Waals surface area contributed by atoms with Crippen LogP contribution < -0.4 is 4.74 Å². The number of aliphatic hydroxyl groups is 3. The van der Waals surface area contributed by atoms with E-state index in [1.165, 1.54) is 26.4 Å². The number of carbonyl (C=O) groups is 2. The van der Waals surface area contributed by atoms with Gasteiger partial charge in [-0.3, -0.25) is 4.79 Å². The van der Waals surface area contributed by atoms with Crippen LogP contribution in [0.2, 0.25) is 0 Å². The summed E-state index contributed by atoms with van der Waals surface area (Å²) in [5.41, 5.74) is -1.55. The second-order valence-electron chi connectivity index (χ2n) is 17.9. The van der Waals surface area contributed by atoms with Crippen molar-refractivity contribution in [1.29, 1.82) is 0 Å². The van der Waals surface area contributed by atoms with Crippen LogP contribution in [0, 0.1) is 51.8 Å². The van der Waals surface area contributed by atoms with Crippen molar-refractivity contribution >= 4 is 11.8 Å². The maximum atomic E-state index is 14.0. The van der Waals surface area contributed by atoms with E-state index in [1.54, 1.807) is 24.3 Å². The van der Waals surface area contributed by atoms with Gasteiger partial charge in [0.15, 0.2) is 12.4 Å². The fourth-order valence-corrected chi connectivity index (χ4v) is 12.5. The van der Waals surface area contributed by atoms with Crippen LogP contribution in [0.4, 0.5) is 0 Å². The Morgan fingerprint density at radius 2 is 1.67 bits per heavy atom. The van der Waals surface area contributed by atoms with Crippen LogP contribution in [-0.4, -0.2) is 90.3 Å². The van der Waals surface area contributed by atoms with Crippen molar-refractivity contribution in [2.45, 2.75) is 135 Å². The molecule has 1 aromatic carbocycles. The number of hydrogen-bond donors (Lipinski definition) is 3. The fourth-order valence-electron chi connectivity index (χ4n) is 12.5. The second kappa shape index (κ2) is 13.3. The van der Waals surface area contributed by atoms with E-state index in [1.807, 2.05) is 14.0 Å². The first-order valence-electron chi connectivity index (χ1n) is 19.4. The molecule has 284 valence electrons. The number of ether oxygens (including phenoxy) is 5. The molecule has 6 aliphatic rings. The molecule has 6 fully saturated rings. The molecule has 1 heterocycles. The van der Waals surface area contributed by atoms with Gasteiger partial charge in [-0.25, -0.2) is 4.79 Å². The zero-order valence-electron chi connectivity index (χ0n) is 31.5. The lowest BCUT2D eigenvalue weighted by Gasteiger charge is -2.61. The van der Waals surface area contributed by atoms with Gasteiger partial charge in [-0.2, -0.15) is 0 Å². The summed E-state index contributed by atoms with van der Waals surface area (Å²) in [6.07, 6.45) is 1.84. The van der Waals surface area contributed by atoms with Gasteiger partial charge in [0.2, 0.25) is 0 Å². The van der Waals surface area contributed by atoms with Crippen LogP contribution in [-0.2, 0) is 23.7 Å². The zero-order chi connectivity index (χ0) is 36.7. The summed E-state index contributed by atoms with van der Waals surface area (Å²) in [6, 6.07) is 6.38. The molecule has 1 aliphatic heterocycles. The average Bonchev–Trinajstić information content (AvgIpc) is 3.71. The van der Waals surface area contributed by atoms with Gasteiger partial charge in [0.1, 0.15) is 29.3 Å². The van der Waals surface area contributed by atoms with Crippen LogP contribution in [0.25, 0.3) is 0 Å². The summed E-state index contributed by atoms with van der Waals surface area (Å²) in [4.78, 5) is 27.4. The van der Waals surface area contributed by atoms with Gasteiger partial charge in [0, 0.05) is 30.3 Å². The SMILES string of the molecule is COc1ccc(C(=O)O[C@H]2[C@H](O[C@H]3C[C@H]4[C@@H]5C[C@@H](OC)[C@]67C[C@H]6CC[C@]7(C)[C@H]5CC[C@]4(C)[C@@]3(O)[C@H](C)C(=O)CCC(C)C)OC[C@@H](O)[C@@H]2O)cc1. The van der Waals surface area contributed by atoms with Crippen molar-refractivity contribution in [3.63, 3.8) is 0 Å². The van der Waals surface area contributed by atoms with E-state index in [0.29, 0.717) is 30.4 Å². The molecule has 15 atom stereocenters.